The number of ether oxygens (including phenoxy) is 4. The molecule has 0 heterocycles. The first-order valence-electron chi connectivity index (χ1n) is 7.97. The van der Waals surface area contributed by atoms with Crippen molar-refractivity contribution in [2.75, 3.05) is 72.6 Å². The average molecular weight is 337 g/mol. The molecule has 0 saturated heterocycles. The maximum Gasteiger partial charge on any atom is 0.132 e. The van der Waals surface area contributed by atoms with Crippen molar-refractivity contribution < 1.29 is 34.0 Å². The van der Waals surface area contributed by atoms with Crippen LogP contribution in [0.15, 0.2) is 0 Å². The molecule has 0 fully saturated rings. The fraction of sp³-hybridized carbons (Fsp3) is 0.933. The number of ketones is 1. The van der Waals surface area contributed by atoms with Gasteiger partial charge >= 0.3 is 0 Å². The summed E-state index contributed by atoms with van der Waals surface area (Å²) in [6, 6.07) is 0. The second-order valence-electron chi connectivity index (χ2n) is 4.94. The summed E-state index contributed by atoms with van der Waals surface area (Å²) in [4.78, 5) is 10.7. The van der Waals surface area contributed by atoms with Crippen molar-refractivity contribution in [2.24, 2.45) is 0 Å². The maximum atomic E-state index is 10.7. The van der Waals surface area contributed by atoms with Crippen LogP contribution in [0.25, 0.3) is 0 Å². The normalized spacial score (nSPS) is 12.5. The standard InChI is InChI=1S/C15H31NO7/c1-14(18)2-4-20-6-8-22-10-11-23-9-7-21-5-3-16-12-15(19)13-17/h15-17,19H,2-13H2,1H3. The Morgan fingerprint density at radius 2 is 1.39 bits per heavy atom. The molecule has 0 aliphatic carbocycles. The van der Waals surface area contributed by atoms with Gasteiger partial charge in [0.05, 0.1) is 65.6 Å². The summed E-state index contributed by atoms with van der Waals surface area (Å²) < 4.78 is 21.2. The predicted octanol–water partition coefficient (Wildman–Crippen LogP) is -1.03. The Bertz CT molecular complexity index is 266. The van der Waals surface area contributed by atoms with E-state index in [2.05, 4.69) is 5.32 Å². The summed E-state index contributed by atoms with van der Waals surface area (Å²) in [6.45, 7) is 6.20. The third-order valence-electron chi connectivity index (χ3n) is 2.73. The minimum absolute atomic E-state index is 0.125. The fourth-order valence-electron chi connectivity index (χ4n) is 1.46. The zero-order valence-electron chi connectivity index (χ0n) is 14.0. The lowest BCUT2D eigenvalue weighted by molar-refractivity contribution is -0.118. The van der Waals surface area contributed by atoms with E-state index in [9.17, 15) is 4.79 Å². The highest BCUT2D eigenvalue weighted by Gasteiger charge is 1.99. The first-order chi connectivity index (χ1) is 11.2. The van der Waals surface area contributed by atoms with Gasteiger partial charge in [0.25, 0.3) is 0 Å². The Kier molecular flexibility index (Phi) is 17.3. The Morgan fingerprint density at radius 3 is 1.87 bits per heavy atom. The minimum Gasteiger partial charge on any atom is -0.394 e. The van der Waals surface area contributed by atoms with E-state index < -0.39 is 6.10 Å². The lowest BCUT2D eigenvalue weighted by Gasteiger charge is -2.09. The highest BCUT2D eigenvalue weighted by Crippen LogP contribution is 1.86. The summed E-state index contributed by atoms with van der Waals surface area (Å²) in [6.07, 6.45) is -0.279. The van der Waals surface area contributed by atoms with Gasteiger partial charge in [-0.25, -0.2) is 0 Å². The topological polar surface area (TPSA) is 106 Å². The van der Waals surface area contributed by atoms with Crippen LogP contribution in [0.5, 0.6) is 0 Å². The van der Waals surface area contributed by atoms with Crippen molar-refractivity contribution >= 4 is 5.78 Å². The highest BCUT2D eigenvalue weighted by atomic mass is 16.6. The molecule has 8 nitrogen and oxygen atoms in total. The number of aliphatic hydroxyl groups excluding tert-OH is 2. The molecular formula is C15H31NO7. The average Bonchev–Trinajstić information content (AvgIpc) is 2.53. The summed E-state index contributed by atoms with van der Waals surface area (Å²) in [5.74, 6) is 0.125. The summed E-state index contributed by atoms with van der Waals surface area (Å²) in [5.41, 5.74) is 0. The van der Waals surface area contributed by atoms with Gasteiger partial charge in [0, 0.05) is 19.5 Å². The Morgan fingerprint density at radius 1 is 0.913 bits per heavy atom. The predicted molar refractivity (Wildman–Crippen MR) is 84.5 cm³/mol. The molecule has 138 valence electrons. The number of carbonyl (C=O) groups excluding carboxylic acids is 1. The summed E-state index contributed by atoms with van der Waals surface area (Å²) in [7, 11) is 0. The molecule has 1 unspecified atom stereocenters. The molecule has 0 aromatic heterocycles. The van der Waals surface area contributed by atoms with Crippen LogP contribution in [0, 0.1) is 0 Å². The van der Waals surface area contributed by atoms with E-state index in [1.807, 2.05) is 0 Å². The third-order valence-corrected chi connectivity index (χ3v) is 2.73. The third kappa shape index (κ3) is 19.3. The first kappa shape index (κ1) is 22.4. The number of nitrogens with one attached hydrogen (secondary N) is 1. The molecule has 0 aliphatic heterocycles. The molecule has 1 atom stereocenters. The first-order valence-corrected chi connectivity index (χ1v) is 7.97. The van der Waals surface area contributed by atoms with Gasteiger partial charge in [-0.3, -0.25) is 4.79 Å². The van der Waals surface area contributed by atoms with Crippen LogP contribution in [0.4, 0.5) is 0 Å². The van der Waals surface area contributed by atoms with Gasteiger partial charge < -0.3 is 34.5 Å². The second-order valence-corrected chi connectivity index (χ2v) is 4.94. The summed E-state index contributed by atoms with van der Waals surface area (Å²) >= 11 is 0. The van der Waals surface area contributed by atoms with Gasteiger partial charge in [-0.2, -0.15) is 0 Å². The van der Waals surface area contributed by atoms with Crippen LogP contribution in [-0.2, 0) is 23.7 Å². The molecule has 0 saturated carbocycles. The van der Waals surface area contributed by atoms with E-state index in [1.165, 1.54) is 0 Å². The Hall–Kier alpha value is -0.610. The van der Waals surface area contributed by atoms with Gasteiger partial charge in [-0.15, -0.1) is 0 Å². The van der Waals surface area contributed by atoms with Crippen LogP contribution in [0.3, 0.4) is 0 Å². The molecule has 0 radical (unpaired) electrons. The van der Waals surface area contributed by atoms with Crippen LogP contribution in [0.1, 0.15) is 13.3 Å². The molecule has 0 aromatic carbocycles. The lowest BCUT2D eigenvalue weighted by Crippen LogP contribution is -2.31. The molecule has 0 spiro atoms. The van der Waals surface area contributed by atoms with E-state index in [1.54, 1.807) is 6.92 Å². The lowest BCUT2D eigenvalue weighted by atomic mass is 10.3. The van der Waals surface area contributed by atoms with Crippen molar-refractivity contribution in [3.63, 3.8) is 0 Å². The van der Waals surface area contributed by atoms with Crippen LogP contribution < -0.4 is 5.32 Å². The van der Waals surface area contributed by atoms with E-state index in [0.29, 0.717) is 72.4 Å². The maximum absolute atomic E-state index is 10.7. The SMILES string of the molecule is CC(=O)CCOCCOCCOCCOCCNCC(O)CO. The van der Waals surface area contributed by atoms with Crippen molar-refractivity contribution in [3.8, 4) is 0 Å². The Balaban J connectivity index is 3.01. The largest absolute Gasteiger partial charge is 0.394 e. The van der Waals surface area contributed by atoms with Crippen molar-refractivity contribution in [3.05, 3.63) is 0 Å². The minimum atomic E-state index is -0.724. The number of aliphatic hydroxyl groups is 2. The van der Waals surface area contributed by atoms with E-state index in [0.717, 1.165) is 0 Å². The quantitative estimate of drug-likeness (QED) is 0.273. The number of hydrogen-bond acceptors (Lipinski definition) is 8. The van der Waals surface area contributed by atoms with Gasteiger partial charge in [0.1, 0.15) is 5.78 Å². The molecule has 0 aliphatic rings. The zero-order valence-corrected chi connectivity index (χ0v) is 14.0. The molecule has 23 heavy (non-hydrogen) atoms. The van der Waals surface area contributed by atoms with Gasteiger partial charge in [-0.1, -0.05) is 0 Å². The van der Waals surface area contributed by atoms with E-state index >= 15 is 0 Å². The van der Waals surface area contributed by atoms with E-state index in [4.69, 9.17) is 29.2 Å². The van der Waals surface area contributed by atoms with Crippen LogP contribution in [-0.4, -0.2) is 94.7 Å². The molecule has 3 N–H and O–H groups in total. The molecule has 0 rings (SSSR count). The van der Waals surface area contributed by atoms with Crippen molar-refractivity contribution in [1.82, 2.24) is 5.32 Å². The van der Waals surface area contributed by atoms with Crippen molar-refractivity contribution in [1.29, 1.82) is 0 Å². The second kappa shape index (κ2) is 17.7. The monoisotopic (exact) mass is 337 g/mol. The Labute approximate surface area is 138 Å². The molecule has 0 bridgehead atoms. The number of carbonyl (C=O) groups is 1. The smallest absolute Gasteiger partial charge is 0.132 e. The van der Waals surface area contributed by atoms with E-state index in [-0.39, 0.29) is 12.4 Å². The highest BCUT2D eigenvalue weighted by molar-refractivity contribution is 5.75. The molecular weight excluding hydrogens is 306 g/mol. The van der Waals surface area contributed by atoms with Gasteiger partial charge in [0.15, 0.2) is 0 Å². The van der Waals surface area contributed by atoms with Crippen LogP contribution in [0.2, 0.25) is 0 Å². The fourth-order valence-corrected chi connectivity index (χ4v) is 1.46. The number of rotatable bonds is 18. The van der Waals surface area contributed by atoms with Crippen molar-refractivity contribution in [2.45, 2.75) is 19.4 Å². The molecule has 0 aromatic rings. The number of Topliss-reactive ketones (excluding diaryl/α,β-unsaturated/α-hetero) is 1. The zero-order chi connectivity index (χ0) is 17.2. The van der Waals surface area contributed by atoms with Crippen LogP contribution >= 0.6 is 0 Å². The molecule has 0 amide bonds. The van der Waals surface area contributed by atoms with Gasteiger partial charge in [-0.05, 0) is 6.92 Å². The van der Waals surface area contributed by atoms with Gasteiger partial charge in [0.2, 0.25) is 0 Å². The summed E-state index contributed by atoms with van der Waals surface area (Å²) in [5, 5.41) is 20.6. The number of hydrogen-bond donors (Lipinski definition) is 3. The molecule has 8 heteroatoms.